The van der Waals surface area contributed by atoms with Crippen molar-refractivity contribution in [3.63, 3.8) is 0 Å². The number of anilines is 1. The largest absolute Gasteiger partial charge is 0.340 e. The van der Waals surface area contributed by atoms with Gasteiger partial charge in [0.1, 0.15) is 6.04 Å². The molecule has 7 nitrogen and oxygen atoms in total. The van der Waals surface area contributed by atoms with Crippen LogP contribution in [0.1, 0.15) is 12.8 Å². The summed E-state index contributed by atoms with van der Waals surface area (Å²) < 4.78 is 0. The van der Waals surface area contributed by atoms with Crippen LogP contribution >= 0.6 is 0 Å². The fraction of sp³-hybridized carbons (Fsp3) is 0.381. The zero-order valence-electron chi connectivity index (χ0n) is 15.9. The third-order valence-corrected chi connectivity index (χ3v) is 5.53. The lowest BCUT2D eigenvalue weighted by molar-refractivity contribution is -0.133. The van der Waals surface area contributed by atoms with Crippen molar-refractivity contribution >= 4 is 34.3 Å². The number of imide groups is 1. The third-order valence-electron chi connectivity index (χ3n) is 5.53. The average Bonchev–Trinajstić information content (AvgIpc) is 2.99. The number of piperazine rings is 1. The molecule has 4 rings (SSSR count). The predicted octanol–water partition coefficient (Wildman–Crippen LogP) is 1.82. The van der Waals surface area contributed by atoms with E-state index in [1.165, 1.54) is 4.90 Å². The second kappa shape index (κ2) is 7.59. The molecule has 2 aliphatic rings. The molecular formula is C21H24N4O3. The molecule has 0 aliphatic carbocycles. The second-order valence-corrected chi connectivity index (χ2v) is 7.40. The topological polar surface area (TPSA) is 73.0 Å². The number of urea groups is 1. The monoisotopic (exact) mass is 380 g/mol. The minimum Gasteiger partial charge on any atom is -0.340 e. The minimum atomic E-state index is -0.664. The Morgan fingerprint density at radius 3 is 2.54 bits per heavy atom. The predicted molar refractivity (Wildman–Crippen MR) is 107 cm³/mol. The van der Waals surface area contributed by atoms with Crippen LogP contribution in [0.25, 0.3) is 10.8 Å². The molecule has 0 spiro atoms. The van der Waals surface area contributed by atoms with Crippen molar-refractivity contribution in [3.8, 4) is 0 Å². The van der Waals surface area contributed by atoms with E-state index in [4.69, 9.17) is 0 Å². The van der Waals surface area contributed by atoms with Crippen LogP contribution in [0.15, 0.2) is 42.5 Å². The van der Waals surface area contributed by atoms with Crippen molar-refractivity contribution < 1.29 is 14.4 Å². The normalized spacial score (nSPS) is 20.7. The standard InChI is InChI=1S/C21H24N4O3/c1-23-11-13-24(14-12-23)19(26)10-9-17-20(27)25(21(28)22-17)18-8-4-6-15-5-2-3-7-16(15)18/h2-8,17H,9-14H2,1H3,(H,22,28)/t17-/m0/s1. The molecule has 1 atom stereocenters. The number of nitrogens with one attached hydrogen (secondary N) is 1. The molecule has 2 heterocycles. The van der Waals surface area contributed by atoms with E-state index in [1.54, 1.807) is 6.07 Å². The first-order valence-corrected chi connectivity index (χ1v) is 9.63. The highest BCUT2D eigenvalue weighted by molar-refractivity contribution is 6.24. The summed E-state index contributed by atoms with van der Waals surface area (Å²) >= 11 is 0. The van der Waals surface area contributed by atoms with Crippen LogP contribution in [-0.2, 0) is 9.59 Å². The van der Waals surface area contributed by atoms with Crippen molar-refractivity contribution in [2.45, 2.75) is 18.9 Å². The van der Waals surface area contributed by atoms with Crippen molar-refractivity contribution in [2.75, 3.05) is 38.1 Å². The number of rotatable bonds is 4. The second-order valence-electron chi connectivity index (χ2n) is 7.40. The van der Waals surface area contributed by atoms with Crippen LogP contribution in [0.3, 0.4) is 0 Å². The molecule has 1 N–H and O–H groups in total. The molecule has 2 aromatic rings. The zero-order chi connectivity index (χ0) is 19.7. The van der Waals surface area contributed by atoms with Gasteiger partial charge in [0.05, 0.1) is 5.69 Å². The van der Waals surface area contributed by atoms with Crippen LogP contribution in [0.2, 0.25) is 0 Å². The van der Waals surface area contributed by atoms with Gasteiger partial charge in [-0.25, -0.2) is 9.69 Å². The summed E-state index contributed by atoms with van der Waals surface area (Å²) in [4.78, 5) is 43.1. The van der Waals surface area contributed by atoms with E-state index < -0.39 is 12.1 Å². The van der Waals surface area contributed by atoms with Gasteiger partial charge >= 0.3 is 6.03 Å². The molecule has 146 valence electrons. The first-order valence-electron chi connectivity index (χ1n) is 9.63. The average molecular weight is 380 g/mol. The highest BCUT2D eigenvalue weighted by atomic mass is 16.2. The Labute approximate surface area is 163 Å². The Balaban J connectivity index is 1.45. The van der Waals surface area contributed by atoms with Gasteiger partial charge in [-0.1, -0.05) is 36.4 Å². The quantitative estimate of drug-likeness (QED) is 0.822. The summed E-state index contributed by atoms with van der Waals surface area (Å²) in [5.74, 6) is -0.258. The Morgan fingerprint density at radius 2 is 1.75 bits per heavy atom. The SMILES string of the molecule is CN1CCN(C(=O)CC[C@@H]2NC(=O)N(c3cccc4ccccc34)C2=O)CC1. The number of carbonyl (C=O) groups excluding carboxylic acids is 3. The summed E-state index contributed by atoms with van der Waals surface area (Å²) in [6.45, 7) is 3.14. The number of amides is 4. The summed E-state index contributed by atoms with van der Waals surface area (Å²) in [7, 11) is 2.04. The Kier molecular flexibility index (Phi) is 5.00. The fourth-order valence-corrected chi connectivity index (χ4v) is 3.84. The lowest BCUT2D eigenvalue weighted by Crippen LogP contribution is -2.47. The maximum absolute atomic E-state index is 12.9. The molecule has 7 heteroatoms. The van der Waals surface area contributed by atoms with Crippen LogP contribution in [0, 0.1) is 0 Å². The number of fused-ring (bicyclic) bond motifs is 1. The van der Waals surface area contributed by atoms with Gasteiger partial charge in [0.2, 0.25) is 5.91 Å². The van der Waals surface area contributed by atoms with Crippen LogP contribution in [0.5, 0.6) is 0 Å². The molecule has 2 saturated heterocycles. The number of nitrogens with zero attached hydrogens (tertiary/aromatic N) is 3. The molecule has 28 heavy (non-hydrogen) atoms. The molecule has 2 aromatic carbocycles. The lowest BCUT2D eigenvalue weighted by Gasteiger charge is -2.32. The van der Waals surface area contributed by atoms with E-state index in [0.29, 0.717) is 25.2 Å². The first kappa shape index (κ1) is 18.4. The molecule has 0 unspecified atom stereocenters. The molecule has 2 aliphatic heterocycles. The molecule has 0 bridgehead atoms. The summed E-state index contributed by atoms with van der Waals surface area (Å²) in [6, 6.07) is 12.1. The van der Waals surface area contributed by atoms with E-state index in [-0.39, 0.29) is 18.2 Å². The Hall–Kier alpha value is -2.93. The van der Waals surface area contributed by atoms with E-state index in [1.807, 2.05) is 48.3 Å². The number of hydrogen-bond acceptors (Lipinski definition) is 4. The highest BCUT2D eigenvalue weighted by Crippen LogP contribution is 2.29. The number of benzene rings is 2. The summed E-state index contributed by atoms with van der Waals surface area (Å²) in [5.41, 5.74) is 0.577. The van der Waals surface area contributed by atoms with Gasteiger partial charge in [-0.05, 0) is 24.9 Å². The maximum Gasteiger partial charge on any atom is 0.329 e. The van der Waals surface area contributed by atoms with Gasteiger partial charge in [0, 0.05) is 38.0 Å². The van der Waals surface area contributed by atoms with E-state index in [9.17, 15) is 14.4 Å². The molecule has 0 aromatic heterocycles. The van der Waals surface area contributed by atoms with Crippen molar-refractivity contribution in [2.24, 2.45) is 0 Å². The summed E-state index contributed by atoms with van der Waals surface area (Å²) in [6.07, 6.45) is 0.570. The first-order chi connectivity index (χ1) is 13.5. The molecule has 0 radical (unpaired) electrons. The van der Waals surface area contributed by atoms with Crippen LogP contribution in [0.4, 0.5) is 10.5 Å². The van der Waals surface area contributed by atoms with Crippen molar-refractivity contribution in [3.05, 3.63) is 42.5 Å². The fourth-order valence-electron chi connectivity index (χ4n) is 3.84. The van der Waals surface area contributed by atoms with Gasteiger partial charge in [-0.2, -0.15) is 0 Å². The van der Waals surface area contributed by atoms with Gasteiger partial charge in [-0.3, -0.25) is 9.59 Å². The Bertz CT molecular complexity index is 916. The number of hydrogen-bond donors (Lipinski definition) is 1. The number of carbonyl (C=O) groups is 3. The lowest BCUT2D eigenvalue weighted by atomic mass is 10.1. The van der Waals surface area contributed by atoms with E-state index >= 15 is 0 Å². The van der Waals surface area contributed by atoms with Crippen LogP contribution < -0.4 is 10.2 Å². The highest BCUT2D eigenvalue weighted by Gasteiger charge is 2.39. The smallest absolute Gasteiger partial charge is 0.329 e. The number of likely N-dealkylation sites (N-methyl/N-ethyl adjacent to an activating group) is 1. The van der Waals surface area contributed by atoms with Crippen molar-refractivity contribution in [1.29, 1.82) is 0 Å². The molecular weight excluding hydrogens is 356 g/mol. The van der Waals surface area contributed by atoms with E-state index in [0.717, 1.165) is 23.9 Å². The molecule has 0 saturated carbocycles. The van der Waals surface area contributed by atoms with Gasteiger partial charge in [0.15, 0.2) is 0 Å². The summed E-state index contributed by atoms with van der Waals surface area (Å²) in [5, 5.41) is 4.56. The minimum absolute atomic E-state index is 0.0405. The maximum atomic E-state index is 12.9. The van der Waals surface area contributed by atoms with Gasteiger partial charge in [0.25, 0.3) is 5.91 Å². The Morgan fingerprint density at radius 1 is 1.04 bits per heavy atom. The van der Waals surface area contributed by atoms with Gasteiger partial charge < -0.3 is 15.1 Å². The van der Waals surface area contributed by atoms with E-state index in [2.05, 4.69) is 10.2 Å². The van der Waals surface area contributed by atoms with Crippen LogP contribution in [-0.4, -0.2) is 66.9 Å². The molecule has 4 amide bonds. The zero-order valence-corrected chi connectivity index (χ0v) is 15.9. The third kappa shape index (κ3) is 3.45. The van der Waals surface area contributed by atoms with Gasteiger partial charge in [-0.15, -0.1) is 0 Å². The molecule has 2 fully saturated rings. The van der Waals surface area contributed by atoms with Crippen molar-refractivity contribution in [1.82, 2.24) is 15.1 Å².